The van der Waals surface area contributed by atoms with Crippen molar-refractivity contribution in [2.45, 2.75) is 45.1 Å². The lowest BCUT2D eigenvalue weighted by atomic mass is 9.97. The number of halogens is 1. The van der Waals surface area contributed by atoms with Crippen LogP contribution in [0.2, 0.25) is 0 Å². The fourth-order valence-electron chi connectivity index (χ4n) is 3.02. The first-order chi connectivity index (χ1) is 11.8. The van der Waals surface area contributed by atoms with E-state index >= 15 is 0 Å². The van der Waals surface area contributed by atoms with Gasteiger partial charge in [0.05, 0.1) is 11.9 Å². The maximum Gasteiger partial charge on any atom is 0.243 e. The van der Waals surface area contributed by atoms with Crippen molar-refractivity contribution in [1.29, 1.82) is 0 Å². The Morgan fingerprint density at radius 2 is 1.96 bits per heavy atom. The summed E-state index contributed by atoms with van der Waals surface area (Å²) in [5.74, 6) is -0.832. The third kappa shape index (κ3) is 5.56. The normalized spacial score (nSPS) is 16.0. The number of nitrogens with one attached hydrogen (secondary N) is 1. The minimum Gasteiger partial charge on any atom is -0.354 e. The third-order valence-corrected chi connectivity index (χ3v) is 5.54. The molecule has 0 unspecified atom stereocenters. The smallest absolute Gasteiger partial charge is 0.243 e. The molecule has 25 heavy (non-hydrogen) atoms. The molecule has 1 aliphatic carbocycles. The topological polar surface area (TPSA) is 66.5 Å². The maximum absolute atomic E-state index is 13.1. The molecule has 0 radical (unpaired) electrons. The first-order valence-corrected chi connectivity index (χ1v) is 10.3. The molecule has 1 aromatic rings. The van der Waals surface area contributed by atoms with Gasteiger partial charge in [-0.05, 0) is 63.3 Å². The van der Waals surface area contributed by atoms with Crippen molar-refractivity contribution in [1.82, 2.24) is 5.32 Å². The third-order valence-electron chi connectivity index (χ3n) is 4.30. The number of hydrogen-bond donors (Lipinski definition) is 1. The van der Waals surface area contributed by atoms with Crippen molar-refractivity contribution < 1.29 is 17.6 Å². The fourth-order valence-corrected chi connectivity index (χ4v) is 4.20. The number of carbonyl (C=O) groups excluding carboxylic acids is 1. The number of hydrogen-bond acceptors (Lipinski definition) is 3. The largest absolute Gasteiger partial charge is 0.354 e. The Bertz CT molecular complexity index is 729. The summed E-state index contributed by atoms with van der Waals surface area (Å²) in [5.41, 5.74) is 1.61. The predicted octanol–water partition coefficient (Wildman–Crippen LogP) is 2.99. The molecule has 0 aromatic heterocycles. The minimum absolute atomic E-state index is 0.265. The highest BCUT2D eigenvalue weighted by Crippen LogP contribution is 2.22. The standard InChI is InChI=1S/C18H25FN2O3S/c1-14(18(22)20-13-12-15-6-4-3-5-7-15)21(25(2,23)24)17-10-8-16(19)9-11-17/h6,8-11,14H,3-5,7,12-13H2,1-2H3,(H,20,22)/t14-/m1/s1. The highest BCUT2D eigenvalue weighted by Gasteiger charge is 2.28. The average molecular weight is 368 g/mol. The Labute approximate surface area is 149 Å². The Hall–Kier alpha value is -1.89. The Morgan fingerprint density at radius 1 is 1.28 bits per heavy atom. The quantitative estimate of drug-likeness (QED) is 0.753. The summed E-state index contributed by atoms with van der Waals surface area (Å²) in [6.07, 6.45) is 8.60. The zero-order chi connectivity index (χ0) is 18.4. The molecule has 1 atom stereocenters. The van der Waals surface area contributed by atoms with Crippen LogP contribution in [0.3, 0.4) is 0 Å². The molecule has 1 aliphatic rings. The van der Waals surface area contributed by atoms with E-state index in [1.165, 1.54) is 49.6 Å². The zero-order valence-corrected chi connectivity index (χ0v) is 15.5. The van der Waals surface area contributed by atoms with Crippen LogP contribution in [-0.4, -0.2) is 33.2 Å². The summed E-state index contributed by atoms with van der Waals surface area (Å²) in [7, 11) is -3.68. The van der Waals surface area contributed by atoms with Crippen molar-refractivity contribution in [3.8, 4) is 0 Å². The van der Waals surface area contributed by atoms with E-state index in [2.05, 4.69) is 11.4 Å². The van der Waals surface area contributed by atoms with Gasteiger partial charge in [0, 0.05) is 6.54 Å². The van der Waals surface area contributed by atoms with Crippen LogP contribution < -0.4 is 9.62 Å². The number of allylic oxidation sites excluding steroid dienone is 1. The van der Waals surface area contributed by atoms with Gasteiger partial charge in [-0.15, -0.1) is 0 Å². The first kappa shape index (κ1) is 19.4. The van der Waals surface area contributed by atoms with E-state index in [4.69, 9.17) is 0 Å². The van der Waals surface area contributed by atoms with E-state index in [1.807, 2.05) is 0 Å². The van der Waals surface area contributed by atoms with E-state index in [0.29, 0.717) is 6.54 Å². The van der Waals surface area contributed by atoms with Crippen molar-refractivity contribution in [3.63, 3.8) is 0 Å². The molecular formula is C18H25FN2O3S. The molecular weight excluding hydrogens is 343 g/mol. The number of sulfonamides is 1. The Morgan fingerprint density at radius 3 is 2.52 bits per heavy atom. The minimum atomic E-state index is -3.68. The van der Waals surface area contributed by atoms with Gasteiger partial charge in [0.25, 0.3) is 0 Å². The second kappa shape index (κ2) is 8.47. The molecule has 1 aromatic carbocycles. The average Bonchev–Trinajstić information content (AvgIpc) is 2.56. The van der Waals surface area contributed by atoms with Crippen molar-refractivity contribution in [2.24, 2.45) is 0 Å². The number of carbonyl (C=O) groups is 1. The fraction of sp³-hybridized carbons (Fsp3) is 0.500. The predicted molar refractivity (Wildman–Crippen MR) is 97.4 cm³/mol. The number of amides is 1. The number of benzene rings is 1. The van der Waals surface area contributed by atoms with Gasteiger partial charge in [0.2, 0.25) is 15.9 Å². The summed E-state index contributed by atoms with van der Waals surface area (Å²) in [6.45, 7) is 2.01. The molecule has 0 fully saturated rings. The van der Waals surface area contributed by atoms with E-state index in [-0.39, 0.29) is 11.6 Å². The molecule has 7 heteroatoms. The molecule has 138 valence electrons. The van der Waals surface area contributed by atoms with E-state index in [0.717, 1.165) is 29.8 Å². The lowest BCUT2D eigenvalue weighted by Gasteiger charge is -2.28. The monoisotopic (exact) mass is 368 g/mol. The molecule has 0 saturated heterocycles. The second-order valence-electron chi connectivity index (χ2n) is 6.36. The van der Waals surface area contributed by atoms with Crippen LogP contribution in [0.15, 0.2) is 35.9 Å². The van der Waals surface area contributed by atoms with Gasteiger partial charge in [-0.25, -0.2) is 12.8 Å². The highest BCUT2D eigenvalue weighted by molar-refractivity contribution is 7.92. The van der Waals surface area contributed by atoms with Gasteiger partial charge in [0.1, 0.15) is 11.9 Å². The SMILES string of the molecule is C[C@H](C(=O)NCCC1=CCCCC1)N(c1ccc(F)cc1)S(C)(=O)=O. The summed E-state index contributed by atoms with van der Waals surface area (Å²) in [6, 6.07) is 4.14. The van der Waals surface area contributed by atoms with Gasteiger partial charge in [-0.2, -0.15) is 0 Å². The Balaban J connectivity index is 2.02. The van der Waals surface area contributed by atoms with Gasteiger partial charge in [-0.1, -0.05) is 11.6 Å². The Kier molecular flexibility index (Phi) is 6.58. The second-order valence-corrected chi connectivity index (χ2v) is 8.22. The zero-order valence-electron chi connectivity index (χ0n) is 14.7. The summed E-state index contributed by atoms with van der Waals surface area (Å²) in [5, 5.41) is 2.80. The summed E-state index contributed by atoms with van der Waals surface area (Å²) in [4.78, 5) is 12.4. The number of rotatable bonds is 7. The van der Waals surface area contributed by atoms with Crippen LogP contribution in [0, 0.1) is 5.82 Å². The van der Waals surface area contributed by atoms with E-state index in [1.54, 1.807) is 0 Å². The molecule has 1 amide bonds. The molecule has 0 aliphatic heterocycles. The van der Waals surface area contributed by atoms with Crippen LogP contribution >= 0.6 is 0 Å². The molecule has 0 saturated carbocycles. The van der Waals surface area contributed by atoms with Crippen LogP contribution in [0.5, 0.6) is 0 Å². The highest BCUT2D eigenvalue weighted by atomic mass is 32.2. The van der Waals surface area contributed by atoms with Crippen molar-refractivity contribution >= 4 is 21.6 Å². The lowest BCUT2D eigenvalue weighted by Crippen LogP contribution is -2.48. The lowest BCUT2D eigenvalue weighted by molar-refractivity contribution is -0.121. The number of anilines is 1. The summed E-state index contributed by atoms with van der Waals surface area (Å²) < 4.78 is 38.4. The molecule has 5 nitrogen and oxygen atoms in total. The first-order valence-electron chi connectivity index (χ1n) is 8.49. The van der Waals surface area contributed by atoms with Gasteiger partial charge < -0.3 is 5.32 Å². The van der Waals surface area contributed by atoms with Crippen LogP contribution in [-0.2, 0) is 14.8 Å². The molecule has 0 spiro atoms. The van der Waals surface area contributed by atoms with E-state index in [9.17, 15) is 17.6 Å². The van der Waals surface area contributed by atoms with Gasteiger partial charge in [0.15, 0.2) is 0 Å². The summed E-state index contributed by atoms with van der Waals surface area (Å²) >= 11 is 0. The van der Waals surface area contributed by atoms with E-state index < -0.39 is 21.9 Å². The number of nitrogens with zero attached hydrogens (tertiary/aromatic N) is 1. The molecule has 0 bridgehead atoms. The van der Waals surface area contributed by atoms with Crippen molar-refractivity contribution in [3.05, 3.63) is 41.7 Å². The molecule has 2 rings (SSSR count). The van der Waals surface area contributed by atoms with Crippen LogP contribution in [0.1, 0.15) is 39.0 Å². The maximum atomic E-state index is 13.1. The van der Waals surface area contributed by atoms with Crippen LogP contribution in [0.25, 0.3) is 0 Å². The van der Waals surface area contributed by atoms with Crippen molar-refractivity contribution in [2.75, 3.05) is 17.1 Å². The van der Waals surface area contributed by atoms with Gasteiger partial charge >= 0.3 is 0 Å². The molecule has 0 heterocycles. The van der Waals surface area contributed by atoms with Crippen LogP contribution in [0.4, 0.5) is 10.1 Å². The van der Waals surface area contributed by atoms with Gasteiger partial charge in [-0.3, -0.25) is 9.10 Å². The molecule has 1 N–H and O–H groups in total.